The summed E-state index contributed by atoms with van der Waals surface area (Å²) >= 11 is 0. The Labute approximate surface area is 51.7 Å². The first-order valence-corrected chi connectivity index (χ1v) is 2.44. The lowest BCUT2D eigenvalue weighted by Crippen LogP contribution is -1.97. The zero-order chi connectivity index (χ0) is 6.69. The van der Waals surface area contributed by atoms with Crippen LogP contribution in [0.1, 0.15) is 6.42 Å². The molecule has 0 aromatic rings. The van der Waals surface area contributed by atoms with Crippen LogP contribution in [0, 0.1) is 0 Å². The number of aliphatic carboxylic acids is 1. The first-order valence-electron chi connectivity index (χ1n) is 2.44. The van der Waals surface area contributed by atoms with Crippen LogP contribution >= 0.6 is 0 Å². The van der Waals surface area contributed by atoms with Crippen LogP contribution in [0.15, 0.2) is 12.0 Å². The van der Waals surface area contributed by atoms with Gasteiger partial charge in [-0.2, -0.15) is 0 Å². The van der Waals surface area contributed by atoms with E-state index in [-0.39, 0.29) is 13.2 Å². The maximum atomic E-state index is 9.98. The van der Waals surface area contributed by atoms with Crippen molar-refractivity contribution in [2.24, 2.45) is 0 Å². The molecule has 0 amide bonds. The lowest BCUT2D eigenvalue weighted by Gasteiger charge is -1.93. The summed E-state index contributed by atoms with van der Waals surface area (Å²) in [4.78, 5) is 9.98. The zero-order valence-electron chi connectivity index (χ0n) is 4.66. The van der Waals surface area contributed by atoms with E-state index in [2.05, 4.69) is 4.74 Å². The van der Waals surface area contributed by atoms with Gasteiger partial charge < -0.3 is 14.6 Å². The van der Waals surface area contributed by atoms with Crippen molar-refractivity contribution in [1.29, 1.82) is 0 Å². The lowest BCUT2D eigenvalue weighted by atomic mass is 10.4. The van der Waals surface area contributed by atoms with E-state index in [9.17, 15) is 4.79 Å². The Hall–Kier alpha value is -1.19. The van der Waals surface area contributed by atoms with E-state index in [0.717, 1.165) is 0 Å². The minimum atomic E-state index is -0.910. The fourth-order valence-corrected chi connectivity index (χ4v) is 0.512. The van der Waals surface area contributed by atoms with Gasteiger partial charge in [0.1, 0.15) is 18.4 Å². The molecule has 4 heteroatoms. The third-order valence-corrected chi connectivity index (χ3v) is 0.853. The fraction of sp³-hybridized carbons (Fsp3) is 0.400. The monoisotopic (exact) mass is 130 g/mol. The number of ether oxygens (including phenoxy) is 2. The Bertz CT molecular complexity index is 149. The molecule has 1 aliphatic heterocycles. The first kappa shape index (κ1) is 5.94. The Morgan fingerprint density at radius 1 is 1.89 bits per heavy atom. The molecule has 0 aromatic heterocycles. The highest BCUT2D eigenvalue weighted by molar-refractivity contribution is 5.69. The maximum Gasteiger partial charge on any atom is 0.311 e. The third kappa shape index (κ3) is 1.64. The van der Waals surface area contributed by atoms with Crippen molar-refractivity contribution in [3.63, 3.8) is 0 Å². The highest BCUT2D eigenvalue weighted by Crippen LogP contribution is 2.09. The van der Waals surface area contributed by atoms with Crippen molar-refractivity contribution in [2.45, 2.75) is 6.42 Å². The molecule has 1 heterocycles. The molecule has 0 spiro atoms. The number of carboxylic acids is 1. The smallest absolute Gasteiger partial charge is 0.311 e. The number of carboxylic acid groups (broad SMARTS) is 1. The average Bonchev–Trinajstić information content (AvgIpc) is 2.15. The quantitative estimate of drug-likeness (QED) is 0.584. The standard InChI is InChI=1S/C5H6O4/c6-5(7)1-4-2-8-3-9-4/h2H,1,3H2,(H,6,7). The van der Waals surface area contributed by atoms with Gasteiger partial charge in [0.15, 0.2) is 0 Å². The summed E-state index contributed by atoms with van der Waals surface area (Å²) in [7, 11) is 0. The second-order valence-corrected chi connectivity index (χ2v) is 1.58. The molecular formula is C5H6O4. The van der Waals surface area contributed by atoms with Crippen LogP contribution < -0.4 is 0 Å². The van der Waals surface area contributed by atoms with Gasteiger partial charge in [-0.15, -0.1) is 0 Å². The number of hydrogen-bond donors (Lipinski definition) is 1. The highest BCUT2D eigenvalue weighted by atomic mass is 16.7. The molecule has 0 radical (unpaired) electrons. The molecule has 0 atom stereocenters. The van der Waals surface area contributed by atoms with E-state index in [1.165, 1.54) is 6.26 Å². The highest BCUT2D eigenvalue weighted by Gasteiger charge is 2.09. The van der Waals surface area contributed by atoms with E-state index in [4.69, 9.17) is 9.84 Å². The van der Waals surface area contributed by atoms with Gasteiger partial charge >= 0.3 is 5.97 Å². The molecule has 0 unspecified atom stereocenters. The molecule has 9 heavy (non-hydrogen) atoms. The van der Waals surface area contributed by atoms with Crippen LogP contribution in [0.3, 0.4) is 0 Å². The molecule has 1 rings (SSSR count). The van der Waals surface area contributed by atoms with Crippen LogP contribution in [0.2, 0.25) is 0 Å². The Balaban J connectivity index is 2.35. The molecule has 0 aromatic carbocycles. The molecule has 0 fully saturated rings. The molecule has 0 aliphatic carbocycles. The van der Waals surface area contributed by atoms with E-state index in [1.807, 2.05) is 0 Å². The van der Waals surface area contributed by atoms with Crippen molar-refractivity contribution in [3.8, 4) is 0 Å². The largest absolute Gasteiger partial charge is 0.481 e. The molecular weight excluding hydrogens is 124 g/mol. The molecule has 50 valence electrons. The summed E-state index contributed by atoms with van der Waals surface area (Å²) in [6.07, 6.45) is 1.22. The van der Waals surface area contributed by atoms with Crippen LogP contribution in [0.5, 0.6) is 0 Å². The molecule has 0 saturated carbocycles. The van der Waals surface area contributed by atoms with Crippen LogP contribution in [-0.4, -0.2) is 17.9 Å². The van der Waals surface area contributed by atoms with Gasteiger partial charge in [-0.3, -0.25) is 4.79 Å². The van der Waals surface area contributed by atoms with Gasteiger partial charge in [0.2, 0.25) is 6.79 Å². The van der Waals surface area contributed by atoms with Crippen molar-refractivity contribution in [2.75, 3.05) is 6.79 Å². The predicted octanol–water partition coefficient (Wildman–Crippen LogP) is 0.307. The van der Waals surface area contributed by atoms with Crippen LogP contribution in [-0.2, 0) is 14.3 Å². The average molecular weight is 130 g/mol. The SMILES string of the molecule is O=C(O)CC1=COCO1. The number of carbonyl (C=O) groups is 1. The molecule has 4 nitrogen and oxygen atoms in total. The summed E-state index contributed by atoms with van der Waals surface area (Å²) in [6, 6.07) is 0. The molecule has 0 saturated heterocycles. The summed E-state index contributed by atoms with van der Waals surface area (Å²) < 4.78 is 9.33. The first-order chi connectivity index (χ1) is 4.29. The zero-order valence-corrected chi connectivity index (χ0v) is 4.66. The van der Waals surface area contributed by atoms with Gasteiger partial charge in [-0.25, -0.2) is 0 Å². The Morgan fingerprint density at radius 2 is 2.67 bits per heavy atom. The molecule has 1 aliphatic rings. The summed E-state index contributed by atoms with van der Waals surface area (Å²) in [5.41, 5.74) is 0. The second-order valence-electron chi connectivity index (χ2n) is 1.58. The third-order valence-electron chi connectivity index (χ3n) is 0.853. The van der Waals surface area contributed by atoms with Gasteiger partial charge in [0.25, 0.3) is 0 Å². The second kappa shape index (κ2) is 2.39. The van der Waals surface area contributed by atoms with Gasteiger partial charge in [0.05, 0.1) is 0 Å². The van der Waals surface area contributed by atoms with E-state index < -0.39 is 5.97 Å². The van der Waals surface area contributed by atoms with E-state index in [0.29, 0.717) is 5.76 Å². The fourth-order valence-electron chi connectivity index (χ4n) is 0.512. The van der Waals surface area contributed by atoms with Crippen LogP contribution in [0.4, 0.5) is 0 Å². The summed E-state index contributed by atoms with van der Waals surface area (Å²) in [5.74, 6) is -0.533. The molecule has 0 bridgehead atoms. The van der Waals surface area contributed by atoms with E-state index >= 15 is 0 Å². The van der Waals surface area contributed by atoms with E-state index in [1.54, 1.807) is 0 Å². The summed E-state index contributed by atoms with van der Waals surface area (Å²) in [6.45, 7) is 0.141. The Kier molecular flexibility index (Phi) is 1.58. The minimum Gasteiger partial charge on any atom is -0.481 e. The lowest BCUT2D eigenvalue weighted by molar-refractivity contribution is -0.136. The Morgan fingerprint density at radius 3 is 3.11 bits per heavy atom. The van der Waals surface area contributed by atoms with Crippen molar-refractivity contribution < 1.29 is 19.4 Å². The topological polar surface area (TPSA) is 55.8 Å². The normalized spacial score (nSPS) is 15.8. The van der Waals surface area contributed by atoms with Gasteiger partial charge in [-0.05, 0) is 0 Å². The maximum absolute atomic E-state index is 9.98. The number of rotatable bonds is 2. The molecule has 1 N–H and O–H groups in total. The number of hydrogen-bond acceptors (Lipinski definition) is 3. The van der Waals surface area contributed by atoms with Crippen molar-refractivity contribution in [3.05, 3.63) is 12.0 Å². The van der Waals surface area contributed by atoms with Crippen molar-refractivity contribution >= 4 is 5.97 Å². The van der Waals surface area contributed by atoms with Gasteiger partial charge in [0, 0.05) is 0 Å². The summed E-state index contributed by atoms with van der Waals surface area (Å²) in [5, 5.41) is 8.20. The van der Waals surface area contributed by atoms with Crippen LogP contribution in [0.25, 0.3) is 0 Å². The minimum absolute atomic E-state index is 0.0972. The van der Waals surface area contributed by atoms with Crippen molar-refractivity contribution in [1.82, 2.24) is 0 Å². The van der Waals surface area contributed by atoms with Gasteiger partial charge in [-0.1, -0.05) is 0 Å². The predicted molar refractivity (Wildman–Crippen MR) is 27.4 cm³/mol.